The zero-order chi connectivity index (χ0) is 0. The maximum absolute atomic E-state index is 0. The first-order valence-corrected chi connectivity index (χ1v) is 0. The molecule has 0 aliphatic heterocycles. The summed E-state index contributed by atoms with van der Waals surface area (Å²) in [5.41, 5.74) is 0. The molecule has 0 N–H and O–H groups in total. The average Bonchev–Trinajstić information content (AvgIpc) is 0. The van der Waals surface area contributed by atoms with E-state index in [9.17, 15) is 0 Å². The van der Waals surface area contributed by atoms with Crippen LogP contribution < -0.4 is 49.6 Å². The van der Waals surface area contributed by atoms with E-state index >= 15 is 0 Å². The summed E-state index contributed by atoms with van der Waals surface area (Å²) in [5, 5.41) is 0. The molecule has 0 nitrogen and oxygen atoms in total. The van der Waals surface area contributed by atoms with Gasteiger partial charge in [-0.3, -0.25) is 0 Å². The third kappa shape index (κ3) is 39.7. The summed E-state index contributed by atoms with van der Waals surface area (Å²) in [6.45, 7) is 0. The molecule has 0 saturated carbocycles. The molecular formula is CCl4Ti. The van der Waals surface area contributed by atoms with Gasteiger partial charge in [-0.2, -0.15) is 0 Å². The van der Waals surface area contributed by atoms with Crippen molar-refractivity contribution in [2.45, 2.75) is 0 Å². The van der Waals surface area contributed by atoms with Gasteiger partial charge >= 0.3 is 21.7 Å². The molecule has 0 fully saturated rings. The first kappa shape index (κ1) is 106. The Morgan fingerprint density at radius 1 is 0.500 bits per heavy atom. The molecule has 0 amide bonds. The summed E-state index contributed by atoms with van der Waals surface area (Å²) in [7, 11) is 0. The third-order valence-electron chi connectivity index (χ3n) is 0. The molecule has 0 spiro atoms. The standard InChI is InChI=1S/C.4ClH.Ti/h;4*1H;/q;;;;;+4/p-4. The Morgan fingerprint density at radius 3 is 0.500 bits per heavy atom. The van der Waals surface area contributed by atoms with E-state index in [1.807, 2.05) is 0 Å². The summed E-state index contributed by atoms with van der Waals surface area (Å²) in [4.78, 5) is 0. The zero-order valence-corrected chi connectivity index (χ0v) is 7.10. The fraction of sp³-hybridized carbons (Fsp3) is 0. The Balaban J connectivity index is 0. The van der Waals surface area contributed by atoms with E-state index in [0.717, 1.165) is 0 Å². The van der Waals surface area contributed by atoms with Gasteiger partial charge in [0.1, 0.15) is 0 Å². The molecule has 0 rings (SSSR count). The van der Waals surface area contributed by atoms with Gasteiger partial charge in [0.25, 0.3) is 0 Å². The fourth-order valence-corrected chi connectivity index (χ4v) is 0. The third-order valence-corrected chi connectivity index (χ3v) is 0. The largest absolute Gasteiger partial charge is 4.00 e. The smallest absolute Gasteiger partial charge is 1.00 e. The van der Waals surface area contributed by atoms with Crippen LogP contribution in [0.2, 0.25) is 0 Å². The molecular weight excluding hydrogens is 202 g/mol. The van der Waals surface area contributed by atoms with E-state index in [2.05, 4.69) is 0 Å². The van der Waals surface area contributed by atoms with E-state index in [4.69, 9.17) is 0 Å². The Bertz CT molecular complexity index is 7.51. The van der Waals surface area contributed by atoms with Crippen LogP contribution in [0.4, 0.5) is 0 Å². The van der Waals surface area contributed by atoms with Gasteiger partial charge in [-0.05, 0) is 0 Å². The molecule has 0 unspecified atom stereocenters. The number of hydrogen-bond acceptors (Lipinski definition) is 0. The minimum Gasteiger partial charge on any atom is -1.00 e. The van der Waals surface area contributed by atoms with Crippen LogP contribution in [0.25, 0.3) is 0 Å². The van der Waals surface area contributed by atoms with E-state index in [1.165, 1.54) is 0 Å². The second kappa shape index (κ2) is 67.5. The van der Waals surface area contributed by atoms with E-state index < -0.39 is 0 Å². The molecule has 0 aromatic rings. The molecule has 4 radical (unpaired) electrons. The zero-order valence-electron chi connectivity index (χ0n) is 2.51. The summed E-state index contributed by atoms with van der Waals surface area (Å²) in [6, 6.07) is 0. The van der Waals surface area contributed by atoms with Crippen LogP contribution in [0.1, 0.15) is 0 Å². The molecule has 6 heavy (non-hydrogen) atoms. The molecule has 0 aromatic carbocycles. The Labute approximate surface area is 78.4 Å². The quantitative estimate of drug-likeness (QED) is 0.342. The number of rotatable bonds is 0. The summed E-state index contributed by atoms with van der Waals surface area (Å²) in [6.07, 6.45) is 0. The first-order valence-electron chi connectivity index (χ1n) is 0. The van der Waals surface area contributed by atoms with Crippen LogP contribution in [-0.2, 0) is 21.7 Å². The average molecular weight is 202 g/mol. The van der Waals surface area contributed by atoms with Crippen molar-refractivity contribution in [1.82, 2.24) is 0 Å². The Kier molecular flexibility index (Phi) is 1190. The molecule has 0 aliphatic carbocycles. The molecule has 0 aromatic heterocycles. The first-order chi connectivity index (χ1) is 0. The van der Waals surface area contributed by atoms with Gasteiger partial charge in [0.2, 0.25) is 0 Å². The summed E-state index contributed by atoms with van der Waals surface area (Å²) in [5.74, 6) is 0. The van der Waals surface area contributed by atoms with E-state index in [-0.39, 0.29) is 78.8 Å². The van der Waals surface area contributed by atoms with Gasteiger partial charge in [-0.25, -0.2) is 0 Å². The van der Waals surface area contributed by atoms with Crippen LogP contribution >= 0.6 is 0 Å². The van der Waals surface area contributed by atoms with Gasteiger partial charge < -0.3 is 49.6 Å². The van der Waals surface area contributed by atoms with Crippen LogP contribution in [-0.4, -0.2) is 0 Å². The molecule has 0 atom stereocenters. The van der Waals surface area contributed by atoms with Crippen molar-refractivity contribution in [3.8, 4) is 0 Å². The van der Waals surface area contributed by atoms with Gasteiger partial charge in [-0.1, -0.05) is 0 Å². The van der Waals surface area contributed by atoms with Crippen molar-refractivity contribution >= 4 is 0 Å². The van der Waals surface area contributed by atoms with Gasteiger partial charge in [0.15, 0.2) is 0 Å². The molecule has 0 aliphatic rings. The van der Waals surface area contributed by atoms with Gasteiger partial charge in [0.05, 0.1) is 0 Å². The van der Waals surface area contributed by atoms with Crippen molar-refractivity contribution in [3.63, 3.8) is 0 Å². The molecule has 0 bridgehead atoms. The minimum atomic E-state index is 0. The molecule has 0 saturated heterocycles. The Morgan fingerprint density at radius 2 is 0.500 bits per heavy atom. The molecule has 36 valence electrons. The second-order valence-electron chi connectivity index (χ2n) is 0. The summed E-state index contributed by atoms with van der Waals surface area (Å²) < 4.78 is 0. The topological polar surface area (TPSA) is 0 Å². The van der Waals surface area contributed by atoms with Crippen LogP contribution in [0.15, 0.2) is 0 Å². The van der Waals surface area contributed by atoms with Crippen molar-refractivity contribution in [2.24, 2.45) is 0 Å². The number of halogens is 4. The fourth-order valence-electron chi connectivity index (χ4n) is 0. The van der Waals surface area contributed by atoms with Gasteiger partial charge in [-0.15, -0.1) is 0 Å². The maximum atomic E-state index is 0. The predicted molar refractivity (Wildman–Crippen MR) is 3.24 cm³/mol. The van der Waals surface area contributed by atoms with Crippen molar-refractivity contribution < 1.29 is 71.3 Å². The monoisotopic (exact) mass is 200 g/mol. The SMILES string of the molecule is [C].[Cl-].[Cl-].[Cl-].[Cl-].[Ti+4]. The second-order valence-corrected chi connectivity index (χ2v) is 0. The van der Waals surface area contributed by atoms with E-state index in [0.29, 0.717) is 0 Å². The van der Waals surface area contributed by atoms with Gasteiger partial charge in [0, 0.05) is 7.43 Å². The maximum Gasteiger partial charge on any atom is 4.00 e. The van der Waals surface area contributed by atoms with Crippen LogP contribution in [0, 0.1) is 7.43 Å². The number of hydrogen-bond donors (Lipinski definition) is 0. The predicted octanol–water partition coefficient (Wildman–Crippen LogP) is -11.9. The minimum absolute atomic E-state index is 0. The molecule has 0 heterocycles. The van der Waals surface area contributed by atoms with E-state index in [1.54, 1.807) is 0 Å². The van der Waals surface area contributed by atoms with Crippen LogP contribution in [0.5, 0.6) is 0 Å². The normalized spacial score (nSPS) is 0. The van der Waals surface area contributed by atoms with Crippen LogP contribution in [0.3, 0.4) is 0 Å². The Hall–Kier alpha value is 1.87. The summed E-state index contributed by atoms with van der Waals surface area (Å²) >= 11 is 0. The van der Waals surface area contributed by atoms with Crippen molar-refractivity contribution in [1.29, 1.82) is 0 Å². The molecule has 5 heteroatoms. The van der Waals surface area contributed by atoms with Crippen molar-refractivity contribution in [3.05, 3.63) is 7.43 Å². The van der Waals surface area contributed by atoms with Crippen molar-refractivity contribution in [2.75, 3.05) is 0 Å².